The van der Waals surface area contributed by atoms with Gasteiger partial charge in [-0.2, -0.15) is 0 Å². The fourth-order valence-electron chi connectivity index (χ4n) is 3.74. The molecule has 0 aliphatic carbocycles. The van der Waals surface area contributed by atoms with Gasteiger partial charge < -0.3 is 4.90 Å². The molecule has 4 nitrogen and oxygen atoms in total. The molecule has 3 aromatic rings. The number of nitrogens with zero attached hydrogens (tertiary/aromatic N) is 4. The highest BCUT2D eigenvalue weighted by Crippen LogP contribution is 2.33. The molecule has 0 unspecified atom stereocenters. The first-order chi connectivity index (χ1) is 13.3. The van der Waals surface area contributed by atoms with Crippen LogP contribution in [0.15, 0.2) is 48.8 Å². The molecule has 5 heteroatoms. The number of aromatic nitrogens is 2. The molecule has 0 N–H and O–H groups in total. The van der Waals surface area contributed by atoms with E-state index in [0.717, 1.165) is 59.0 Å². The smallest absolute Gasteiger partial charge is 0.0964 e. The van der Waals surface area contributed by atoms with Crippen LogP contribution in [-0.4, -0.2) is 47.6 Å². The summed E-state index contributed by atoms with van der Waals surface area (Å²) in [6.07, 6.45) is 6.17. The Hall–Kier alpha value is -2.17. The lowest BCUT2D eigenvalue weighted by molar-refractivity contribution is 0.254. The lowest BCUT2D eigenvalue weighted by Crippen LogP contribution is -2.46. The summed E-state index contributed by atoms with van der Waals surface area (Å²) in [6, 6.07) is 12.3. The summed E-state index contributed by atoms with van der Waals surface area (Å²) >= 11 is 6.69. The average molecular weight is 381 g/mol. The van der Waals surface area contributed by atoms with Gasteiger partial charge in [0.15, 0.2) is 0 Å². The zero-order valence-corrected chi connectivity index (χ0v) is 16.5. The molecule has 2 aromatic heterocycles. The number of anilines is 1. The van der Waals surface area contributed by atoms with Crippen LogP contribution in [0.4, 0.5) is 5.69 Å². The molecule has 0 spiro atoms. The molecule has 0 radical (unpaired) electrons. The van der Waals surface area contributed by atoms with Crippen molar-refractivity contribution in [1.82, 2.24) is 14.9 Å². The first-order valence-electron chi connectivity index (χ1n) is 9.73. The molecular weight excluding hydrogens is 356 g/mol. The number of piperazine rings is 1. The number of benzene rings is 1. The number of hydrogen-bond donors (Lipinski definition) is 0. The van der Waals surface area contributed by atoms with Gasteiger partial charge in [-0.15, -0.1) is 0 Å². The third-order valence-electron chi connectivity index (χ3n) is 5.30. The Labute approximate surface area is 165 Å². The summed E-state index contributed by atoms with van der Waals surface area (Å²) in [5, 5.41) is 0.801. The van der Waals surface area contributed by atoms with Crippen LogP contribution in [0.3, 0.4) is 0 Å². The number of unbranched alkanes of at least 4 members (excludes halogenated alkanes) is 1. The second-order valence-corrected chi connectivity index (χ2v) is 7.49. The topological polar surface area (TPSA) is 32.3 Å². The van der Waals surface area contributed by atoms with Gasteiger partial charge in [-0.25, -0.2) is 0 Å². The van der Waals surface area contributed by atoms with Crippen molar-refractivity contribution >= 4 is 28.3 Å². The summed E-state index contributed by atoms with van der Waals surface area (Å²) in [5.74, 6) is 0. The fourth-order valence-corrected chi connectivity index (χ4v) is 4.04. The molecule has 1 aliphatic heterocycles. The maximum absolute atomic E-state index is 6.69. The van der Waals surface area contributed by atoms with Crippen LogP contribution in [0, 0.1) is 0 Å². The molecule has 0 bridgehead atoms. The Morgan fingerprint density at radius 3 is 2.63 bits per heavy atom. The van der Waals surface area contributed by atoms with Crippen molar-refractivity contribution in [3.63, 3.8) is 0 Å². The van der Waals surface area contributed by atoms with Crippen LogP contribution in [0.2, 0.25) is 5.02 Å². The standard InChI is InChI=1S/C22H25ClN4/c1-2-3-11-26-12-14-27(15-13-26)21-7-6-17(16-19(21)23)18-8-10-24-20-5-4-9-25-22(18)20/h4-10,16H,2-3,11-15H2,1H3. The van der Waals surface area contributed by atoms with Crippen LogP contribution < -0.4 is 4.90 Å². The van der Waals surface area contributed by atoms with Crippen molar-refractivity contribution in [3.8, 4) is 11.1 Å². The summed E-state index contributed by atoms with van der Waals surface area (Å²) in [5.41, 5.74) is 5.09. The van der Waals surface area contributed by atoms with E-state index >= 15 is 0 Å². The van der Waals surface area contributed by atoms with E-state index in [1.165, 1.54) is 19.4 Å². The zero-order valence-electron chi connectivity index (χ0n) is 15.7. The summed E-state index contributed by atoms with van der Waals surface area (Å²) < 4.78 is 0. The summed E-state index contributed by atoms with van der Waals surface area (Å²) in [4.78, 5) is 13.9. The van der Waals surface area contributed by atoms with Crippen LogP contribution in [0.5, 0.6) is 0 Å². The average Bonchev–Trinajstić information content (AvgIpc) is 2.72. The molecule has 1 aromatic carbocycles. The Balaban J connectivity index is 1.55. The van der Waals surface area contributed by atoms with Gasteiger partial charge in [0, 0.05) is 44.1 Å². The van der Waals surface area contributed by atoms with Crippen LogP contribution in [0.1, 0.15) is 19.8 Å². The maximum Gasteiger partial charge on any atom is 0.0964 e. The van der Waals surface area contributed by atoms with Crippen LogP contribution >= 0.6 is 11.6 Å². The van der Waals surface area contributed by atoms with Gasteiger partial charge in [0.2, 0.25) is 0 Å². The number of hydrogen-bond acceptors (Lipinski definition) is 4. The summed E-state index contributed by atoms with van der Waals surface area (Å²) in [7, 11) is 0. The van der Waals surface area contributed by atoms with E-state index in [2.05, 4.69) is 44.9 Å². The number of pyridine rings is 2. The number of rotatable bonds is 5. The van der Waals surface area contributed by atoms with Gasteiger partial charge in [-0.3, -0.25) is 14.9 Å². The third kappa shape index (κ3) is 3.92. The van der Waals surface area contributed by atoms with Crippen molar-refractivity contribution in [3.05, 3.63) is 53.8 Å². The largest absolute Gasteiger partial charge is 0.368 e. The van der Waals surface area contributed by atoms with E-state index in [-0.39, 0.29) is 0 Å². The number of fused-ring (bicyclic) bond motifs is 1. The van der Waals surface area contributed by atoms with E-state index in [1.807, 2.05) is 30.6 Å². The molecule has 4 rings (SSSR count). The third-order valence-corrected chi connectivity index (χ3v) is 5.60. The minimum absolute atomic E-state index is 0.801. The Morgan fingerprint density at radius 1 is 1.00 bits per heavy atom. The first-order valence-corrected chi connectivity index (χ1v) is 10.1. The second kappa shape index (κ2) is 8.24. The maximum atomic E-state index is 6.69. The monoisotopic (exact) mass is 380 g/mol. The van der Waals surface area contributed by atoms with Gasteiger partial charge in [0.1, 0.15) is 0 Å². The lowest BCUT2D eigenvalue weighted by Gasteiger charge is -2.36. The molecule has 0 saturated carbocycles. The molecule has 3 heterocycles. The molecule has 1 aliphatic rings. The highest BCUT2D eigenvalue weighted by Gasteiger charge is 2.19. The van der Waals surface area contributed by atoms with E-state index < -0.39 is 0 Å². The van der Waals surface area contributed by atoms with E-state index in [0.29, 0.717) is 0 Å². The van der Waals surface area contributed by atoms with Gasteiger partial charge in [0.25, 0.3) is 0 Å². The normalized spacial score (nSPS) is 15.4. The first kappa shape index (κ1) is 18.2. The van der Waals surface area contributed by atoms with Crippen LogP contribution in [0.25, 0.3) is 22.2 Å². The zero-order chi connectivity index (χ0) is 18.6. The van der Waals surface area contributed by atoms with Gasteiger partial charge in [0.05, 0.1) is 21.7 Å². The Morgan fingerprint density at radius 2 is 1.85 bits per heavy atom. The molecule has 1 saturated heterocycles. The van der Waals surface area contributed by atoms with E-state index in [4.69, 9.17) is 11.6 Å². The Kier molecular flexibility index (Phi) is 5.55. The van der Waals surface area contributed by atoms with Crippen LogP contribution in [-0.2, 0) is 0 Å². The molecule has 1 fully saturated rings. The van der Waals surface area contributed by atoms with E-state index in [1.54, 1.807) is 0 Å². The molecule has 0 amide bonds. The van der Waals surface area contributed by atoms with Crippen molar-refractivity contribution in [1.29, 1.82) is 0 Å². The van der Waals surface area contributed by atoms with Gasteiger partial charge in [-0.05, 0) is 48.9 Å². The molecule has 27 heavy (non-hydrogen) atoms. The molecule has 140 valence electrons. The fraction of sp³-hybridized carbons (Fsp3) is 0.364. The Bertz CT molecular complexity index is 914. The van der Waals surface area contributed by atoms with Crippen molar-refractivity contribution in [2.24, 2.45) is 0 Å². The SMILES string of the molecule is CCCCN1CCN(c2ccc(-c3ccnc4cccnc34)cc2Cl)CC1. The lowest BCUT2D eigenvalue weighted by atomic mass is 10.0. The van der Waals surface area contributed by atoms with Crippen molar-refractivity contribution in [2.75, 3.05) is 37.6 Å². The minimum atomic E-state index is 0.801. The van der Waals surface area contributed by atoms with Gasteiger partial charge in [-0.1, -0.05) is 31.0 Å². The highest BCUT2D eigenvalue weighted by atomic mass is 35.5. The molecular formula is C22H25ClN4. The highest BCUT2D eigenvalue weighted by molar-refractivity contribution is 6.33. The van der Waals surface area contributed by atoms with Gasteiger partial charge >= 0.3 is 0 Å². The van der Waals surface area contributed by atoms with Crippen molar-refractivity contribution < 1.29 is 0 Å². The molecule has 0 atom stereocenters. The minimum Gasteiger partial charge on any atom is -0.368 e. The predicted molar refractivity (Wildman–Crippen MR) is 114 cm³/mol. The van der Waals surface area contributed by atoms with E-state index in [9.17, 15) is 0 Å². The summed E-state index contributed by atoms with van der Waals surface area (Å²) in [6.45, 7) is 7.73. The number of halogens is 1. The quantitative estimate of drug-likeness (QED) is 0.632. The van der Waals surface area contributed by atoms with Crippen molar-refractivity contribution in [2.45, 2.75) is 19.8 Å². The second-order valence-electron chi connectivity index (χ2n) is 7.08. The predicted octanol–water partition coefficient (Wildman–Crippen LogP) is 4.87.